The fraction of sp³-hybridized carbons (Fsp3) is 0.208. The quantitative estimate of drug-likeness (QED) is 0.486. The maximum atomic E-state index is 13.2. The second-order valence-corrected chi connectivity index (χ2v) is 9.63. The molecule has 1 N–H and O–H groups in total. The predicted molar refractivity (Wildman–Crippen MR) is 130 cm³/mol. The molecular formula is C24H25ClN2O5S. The van der Waals surface area contributed by atoms with Gasteiger partial charge < -0.3 is 14.8 Å². The van der Waals surface area contributed by atoms with Gasteiger partial charge in [-0.25, -0.2) is 8.42 Å². The van der Waals surface area contributed by atoms with Gasteiger partial charge >= 0.3 is 0 Å². The predicted octanol–water partition coefficient (Wildman–Crippen LogP) is 4.25. The molecule has 9 heteroatoms. The van der Waals surface area contributed by atoms with Crippen molar-refractivity contribution >= 4 is 33.2 Å². The van der Waals surface area contributed by atoms with E-state index in [9.17, 15) is 13.2 Å². The molecule has 1 amide bonds. The van der Waals surface area contributed by atoms with Gasteiger partial charge in [0, 0.05) is 17.6 Å². The van der Waals surface area contributed by atoms with Crippen LogP contribution in [-0.4, -0.2) is 34.8 Å². The normalized spacial score (nSPS) is 11.0. The summed E-state index contributed by atoms with van der Waals surface area (Å²) in [6.07, 6.45) is 1.09. The van der Waals surface area contributed by atoms with Crippen molar-refractivity contribution in [3.05, 3.63) is 88.4 Å². The number of carbonyl (C=O) groups is 1. The molecule has 3 aromatic rings. The second kappa shape index (κ2) is 10.6. The average Bonchev–Trinajstić information content (AvgIpc) is 2.81. The van der Waals surface area contributed by atoms with Gasteiger partial charge in [0.25, 0.3) is 5.91 Å². The summed E-state index contributed by atoms with van der Waals surface area (Å²) < 4.78 is 37.5. The van der Waals surface area contributed by atoms with Gasteiger partial charge in [-0.1, -0.05) is 54.1 Å². The highest BCUT2D eigenvalue weighted by atomic mass is 35.5. The zero-order chi connectivity index (χ0) is 24.0. The van der Waals surface area contributed by atoms with E-state index in [0.29, 0.717) is 22.1 Å². The Bertz CT molecular complexity index is 1220. The molecule has 0 saturated heterocycles. The van der Waals surface area contributed by atoms with E-state index in [1.807, 2.05) is 30.3 Å². The van der Waals surface area contributed by atoms with Crippen LogP contribution in [0.3, 0.4) is 0 Å². The zero-order valence-electron chi connectivity index (χ0n) is 18.5. The Balaban J connectivity index is 2.05. The van der Waals surface area contributed by atoms with Gasteiger partial charge in [-0.3, -0.25) is 9.10 Å². The maximum Gasteiger partial charge on any atom is 0.253 e. The summed E-state index contributed by atoms with van der Waals surface area (Å²) in [6.45, 7) is 0.286. The zero-order valence-corrected chi connectivity index (χ0v) is 20.1. The lowest BCUT2D eigenvalue weighted by Gasteiger charge is -2.26. The number of ether oxygens (including phenoxy) is 2. The van der Waals surface area contributed by atoms with Gasteiger partial charge in [0.15, 0.2) is 11.5 Å². The number of amides is 1. The fourth-order valence-corrected chi connectivity index (χ4v) is 4.28. The molecule has 0 atom stereocenters. The van der Waals surface area contributed by atoms with E-state index in [-0.39, 0.29) is 24.3 Å². The van der Waals surface area contributed by atoms with Crippen molar-refractivity contribution in [2.45, 2.75) is 13.1 Å². The van der Waals surface area contributed by atoms with Gasteiger partial charge in [-0.05, 0) is 29.3 Å². The second-order valence-electron chi connectivity index (χ2n) is 7.29. The Morgan fingerprint density at radius 2 is 1.55 bits per heavy atom. The van der Waals surface area contributed by atoms with Crippen molar-refractivity contribution in [2.75, 3.05) is 24.8 Å². The molecule has 7 nitrogen and oxygen atoms in total. The molecular weight excluding hydrogens is 464 g/mol. The molecule has 0 unspecified atom stereocenters. The molecule has 0 bridgehead atoms. The van der Waals surface area contributed by atoms with Crippen molar-refractivity contribution in [2.24, 2.45) is 0 Å². The van der Waals surface area contributed by atoms with E-state index in [0.717, 1.165) is 16.1 Å². The first-order valence-corrected chi connectivity index (χ1v) is 12.3. The minimum Gasteiger partial charge on any atom is -0.493 e. The third-order valence-electron chi connectivity index (χ3n) is 4.95. The van der Waals surface area contributed by atoms with Crippen LogP contribution in [0.5, 0.6) is 11.5 Å². The number of benzene rings is 3. The van der Waals surface area contributed by atoms with E-state index in [4.69, 9.17) is 21.1 Å². The van der Waals surface area contributed by atoms with Crippen LogP contribution in [0, 0.1) is 0 Å². The minimum atomic E-state index is -3.77. The van der Waals surface area contributed by atoms with Gasteiger partial charge in [-0.2, -0.15) is 0 Å². The molecule has 0 aromatic heterocycles. The number of anilines is 1. The lowest BCUT2D eigenvalue weighted by Crippen LogP contribution is -2.32. The van der Waals surface area contributed by atoms with E-state index in [2.05, 4.69) is 5.32 Å². The number of nitrogens with one attached hydrogen (secondary N) is 1. The highest BCUT2D eigenvalue weighted by Gasteiger charge is 2.26. The minimum absolute atomic E-state index is 0.00442. The number of nitrogens with zero attached hydrogens (tertiary/aromatic N) is 1. The summed E-state index contributed by atoms with van der Waals surface area (Å²) >= 11 is 5.96. The SMILES string of the molecule is COc1cc(C(=O)NCc2ccccc2)c(N(Cc2ccc(Cl)cc2)S(C)(=O)=O)cc1OC. The van der Waals surface area contributed by atoms with Gasteiger partial charge in [0.2, 0.25) is 10.0 Å². The summed E-state index contributed by atoms with van der Waals surface area (Å²) in [4.78, 5) is 13.2. The molecule has 0 aliphatic rings. The number of methoxy groups -OCH3 is 2. The van der Waals surface area contributed by atoms with Crippen LogP contribution < -0.4 is 19.1 Å². The highest BCUT2D eigenvalue weighted by molar-refractivity contribution is 7.92. The number of rotatable bonds is 9. The summed E-state index contributed by atoms with van der Waals surface area (Å²) in [5, 5.41) is 3.39. The standard InChI is InChI=1S/C24H25ClN2O5S/c1-31-22-13-20(24(28)26-15-17-7-5-4-6-8-17)21(14-23(22)32-2)27(33(3,29)30)16-18-9-11-19(25)12-10-18/h4-14H,15-16H2,1-3H3,(H,26,28). The highest BCUT2D eigenvalue weighted by Crippen LogP contribution is 2.37. The van der Waals surface area contributed by atoms with Gasteiger partial charge in [0.1, 0.15) is 0 Å². The Labute approximate surface area is 198 Å². The largest absolute Gasteiger partial charge is 0.493 e. The summed E-state index contributed by atoms with van der Waals surface area (Å²) in [7, 11) is -0.875. The summed E-state index contributed by atoms with van der Waals surface area (Å²) in [6, 6.07) is 19.2. The van der Waals surface area contributed by atoms with Crippen molar-refractivity contribution in [1.29, 1.82) is 0 Å². The smallest absolute Gasteiger partial charge is 0.253 e. The summed E-state index contributed by atoms with van der Waals surface area (Å²) in [5.74, 6) is 0.169. The molecule has 0 saturated carbocycles. The van der Waals surface area contributed by atoms with Crippen molar-refractivity contribution in [1.82, 2.24) is 5.32 Å². The van der Waals surface area contributed by atoms with Crippen LogP contribution in [-0.2, 0) is 23.1 Å². The van der Waals surface area contributed by atoms with Crippen LogP contribution in [0.2, 0.25) is 5.02 Å². The number of halogens is 1. The first kappa shape index (κ1) is 24.4. The van der Waals surface area contributed by atoms with Crippen molar-refractivity contribution in [3.8, 4) is 11.5 Å². The van der Waals surface area contributed by atoms with Crippen LogP contribution >= 0.6 is 11.6 Å². The third kappa shape index (κ3) is 6.18. The molecule has 0 fully saturated rings. The lowest BCUT2D eigenvalue weighted by molar-refractivity contribution is 0.0951. The number of hydrogen-bond donors (Lipinski definition) is 1. The van der Waals surface area contributed by atoms with Crippen LogP contribution in [0.15, 0.2) is 66.7 Å². The first-order valence-electron chi connectivity index (χ1n) is 10.0. The molecule has 33 heavy (non-hydrogen) atoms. The van der Waals surface area contributed by atoms with Crippen LogP contribution in [0.4, 0.5) is 5.69 Å². The van der Waals surface area contributed by atoms with Gasteiger partial charge in [0.05, 0.1) is 38.3 Å². The number of carbonyl (C=O) groups excluding carboxylic acids is 1. The maximum absolute atomic E-state index is 13.2. The molecule has 174 valence electrons. The topological polar surface area (TPSA) is 84.9 Å². The Kier molecular flexibility index (Phi) is 7.84. The van der Waals surface area contributed by atoms with E-state index in [1.54, 1.807) is 24.3 Å². The molecule has 0 aliphatic heterocycles. The Hall–Kier alpha value is -3.23. The number of hydrogen-bond acceptors (Lipinski definition) is 5. The Morgan fingerprint density at radius 3 is 2.12 bits per heavy atom. The monoisotopic (exact) mass is 488 g/mol. The van der Waals surface area contributed by atoms with Crippen molar-refractivity contribution in [3.63, 3.8) is 0 Å². The Morgan fingerprint density at radius 1 is 0.939 bits per heavy atom. The fourth-order valence-electron chi connectivity index (χ4n) is 3.27. The summed E-state index contributed by atoms with van der Waals surface area (Å²) in [5.41, 5.74) is 1.93. The van der Waals surface area contributed by atoms with Crippen LogP contribution in [0.25, 0.3) is 0 Å². The first-order chi connectivity index (χ1) is 15.7. The third-order valence-corrected chi connectivity index (χ3v) is 6.33. The van der Waals surface area contributed by atoms with E-state index in [1.165, 1.54) is 26.4 Å². The van der Waals surface area contributed by atoms with E-state index >= 15 is 0 Å². The van der Waals surface area contributed by atoms with Gasteiger partial charge in [-0.15, -0.1) is 0 Å². The molecule has 0 heterocycles. The molecule has 0 radical (unpaired) electrons. The van der Waals surface area contributed by atoms with E-state index < -0.39 is 15.9 Å². The average molecular weight is 489 g/mol. The lowest BCUT2D eigenvalue weighted by atomic mass is 10.1. The number of sulfonamides is 1. The molecule has 0 spiro atoms. The van der Waals surface area contributed by atoms with Crippen molar-refractivity contribution < 1.29 is 22.7 Å². The van der Waals surface area contributed by atoms with Crippen LogP contribution in [0.1, 0.15) is 21.5 Å². The molecule has 3 aromatic carbocycles. The molecule has 0 aliphatic carbocycles. The molecule has 3 rings (SSSR count).